The lowest BCUT2D eigenvalue weighted by molar-refractivity contribution is -0.212. The monoisotopic (exact) mass is 365 g/mol. The highest BCUT2D eigenvalue weighted by Gasteiger charge is 2.50. The number of rotatable bonds is 5. The summed E-state index contributed by atoms with van der Waals surface area (Å²) in [6, 6.07) is -0.953. The predicted octanol–water partition coefficient (Wildman–Crippen LogP) is -0.119. The Hall–Kier alpha value is -1.87. The molecule has 1 aliphatic heterocycles. The van der Waals surface area contributed by atoms with Crippen LogP contribution in [-0.4, -0.2) is 60.3 Å². The molecule has 0 aromatic heterocycles. The van der Waals surface area contributed by atoms with E-state index in [1.165, 1.54) is 13.8 Å². The molecule has 1 heterocycles. The Morgan fingerprint density at radius 2 is 1.50 bits per heavy atom. The van der Waals surface area contributed by atoms with E-state index < -0.39 is 53.7 Å². The molecule has 1 fully saturated rings. The van der Waals surface area contributed by atoms with Crippen molar-refractivity contribution in [3.8, 4) is 0 Å². The summed E-state index contributed by atoms with van der Waals surface area (Å²) in [5.41, 5.74) is -1.09. The normalized spacial score (nSPS) is 29.3. The molecule has 0 aliphatic carbocycles. The maximum absolute atomic E-state index is 11.4. The van der Waals surface area contributed by atoms with Gasteiger partial charge in [-0.1, -0.05) is 11.6 Å². The second-order valence-corrected chi connectivity index (χ2v) is 5.63. The van der Waals surface area contributed by atoms with Crippen LogP contribution in [0.15, 0.2) is 0 Å². The van der Waals surface area contributed by atoms with Crippen molar-refractivity contribution in [3.05, 3.63) is 0 Å². The van der Waals surface area contributed by atoms with Crippen molar-refractivity contribution >= 4 is 35.4 Å². The molecule has 0 spiro atoms. The number of carbonyl (C=O) groups excluding carboxylic acids is 4. The van der Waals surface area contributed by atoms with Gasteiger partial charge in [0.15, 0.2) is 17.8 Å². The molecule has 24 heavy (non-hydrogen) atoms. The molecular formula is C14H20ClNO8. The van der Waals surface area contributed by atoms with Gasteiger partial charge in [0.25, 0.3) is 0 Å². The lowest BCUT2D eigenvalue weighted by Gasteiger charge is -2.43. The number of hydrogen-bond acceptors (Lipinski definition) is 8. The third-order valence-corrected chi connectivity index (χ3v) is 3.43. The number of halogens is 1. The van der Waals surface area contributed by atoms with E-state index in [1.54, 1.807) is 0 Å². The fourth-order valence-electron chi connectivity index (χ4n) is 2.28. The number of carbonyl (C=O) groups is 4. The summed E-state index contributed by atoms with van der Waals surface area (Å²) in [7, 11) is 0. The van der Waals surface area contributed by atoms with Crippen molar-refractivity contribution in [2.75, 3.05) is 6.61 Å². The van der Waals surface area contributed by atoms with Gasteiger partial charge in [-0.05, 0) is 0 Å². The first-order chi connectivity index (χ1) is 11.1. The van der Waals surface area contributed by atoms with Gasteiger partial charge in [0, 0.05) is 27.7 Å². The molecule has 1 amide bonds. The first kappa shape index (κ1) is 20.2. The lowest BCUT2D eigenvalue weighted by atomic mass is 9.97. The second-order valence-electron chi connectivity index (χ2n) is 5.20. The van der Waals surface area contributed by atoms with Crippen LogP contribution in [0.1, 0.15) is 27.7 Å². The first-order valence-electron chi connectivity index (χ1n) is 7.16. The molecule has 0 bridgehead atoms. The van der Waals surface area contributed by atoms with E-state index in [2.05, 4.69) is 5.32 Å². The number of esters is 3. The molecule has 10 heteroatoms. The van der Waals surface area contributed by atoms with E-state index in [4.69, 9.17) is 30.5 Å². The largest absolute Gasteiger partial charge is 0.463 e. The summed E-state index contributed by atoms with van der Waals surface area (Å²) in [5.74, 6) is -2.33. The molecule has 1 rings (SSSR count). The average molecular weight is 366 g/mol. The number of alkyl halides is 1. The van der Waals surface area contributed by atoms with E-state index >= 15 is 0 Å². The molecule has 1 N–H and O–H groups in total. The molecule has 1 aliphatic rings. The quantitative estimate of drug-likeness (QED) is 0.407. The molecule has 1 saturated heterocycles. The van der Waals surface area contributed by atoms with Crippen LogP contribution in [0.2, 0.25) is 0 Å². The van der Waals surface area contributed by atoms with Gasteiger partial charge >= 0.3 is 17.9 Å². The zero-order valence-electron chi connectivity index (χ0n) is 13.7. The Bertz CT molecular complexity index is 511. The number of ether oxygens (including phenoxy) is 4. The SMILES string of the molecule is CC(=O)N[C@@H]1[C@H](OC(C)=O)[C@H](OC(C)=O)[C@H](COC(C)=O)O[C@H]1Cl. The average Bonchev–Trinajstić information content (AvgIpc) is 2.42. The maximum atomic E-state index is 11.4. The van der Waals surface area contributed by atoms with E-state index in [1.807, 2.05) is 0 Å². The van der Waals surface area contributed by atoms with Crippen LogP contribution in [0.3, 0.4) is 0 Å². The third kappa shape index (κ3) is 5.97. The zero-order valence-corrected chi connectivity index (χ0v) is 14.5. The minimum atomic E-state index is -1.11. The highest BCUT2D eigenvalue weighted by atomic mass is 35.5. The summed E-state index contributed by atoms with van der Waals surface area (Å²) in [5, 5.41) is 2.50. The third-order valence-electron chi connectivity index (χ3n) is 3.06. The molecule has 0 saturated carbocycles. The summed E-state index contributed by atoms with van der Waals surface area (Å²) in [6.45, 7) is 4.51. The summed E-state index contributed by atoms with van der Waals surface area (Å²) < 4.78 is 20.7. The van der Waals surface area contributed by atoms with Crippen molar-refractivity contribution in [1.29, 1.82) is 0 Å². The Morgan fingerprint density at radius 3 is 1.96 bits per heavy atom. The van der Waals surface area contributed by atoms with E-state index in [0.717, 1.165) is 13.8 Å². The van der Waals surface area contributed by atoms with Crippen LogP contribution in [0.4, 0.5) is 0 Å². The van der Waals surface area contributed by atoms with E-state index in [9.17, 15) is 19.2 Å². The lowest BCUT2D eigenvalue weighted by Crippen LogP contribution is -2.64. The van der Waals surface area contributed by atoms with Crippen LogP contribution in [0.25, 0.3) is 0 Å². The topological polar surface area (TPSA) is 117 Å². The zero-order chi connectivity index (χ0) is 18.4. The number of hydrogen-bond donors (Lipinski definition) is 1. The fraction of sp³-hybridized carbons (Fsp3) is 0.714. The standard InChI is InChI=1S/C14H20ClNO8/c1-6(17)16-11-13(23-9(4)20)12(22-8(3)19)10(24-14(11)15)5-21-7(2)18/h10-14H,5H2,1-4H3,(H,16,17)/t10-,11+,12+,13-,14+/m0/s1. The molecule has 0 unspecified atom stereocenters. The van der Waals surface area contributed by atoms with Crippen molar-refractivity contribution in [2.45, 2.75) is 57.6 Å². The summed E-state index contributed by atoms with van der Waals surface area (Å²) >= 11 is 6.11. The Labute approximate surface area is 143 Å². The van der Waals surface area contributed by atoms with Gasteiger partial charge in [-0.25, -0.2) is 0 Å². The number of amides is 1. The fourth-order valence-corrected chi connectivity index (χ4v) is 2.62. The highest BCUT2D eigenvalue weighted by Crippen LogP contribution is 2.28. The molecule has 0 aromatic carbocycles. The molecule has 0 radical (unpaired) electrons. The molecule has 0 aromatic rings. The maximum Gasteiger partial charge on any atom is 0.303 e. The Kier molecular flexibility index (Phi) is 7.43. The van der Waals surface area contributed by atoms with Crippen LogP contribution in [-0.2, 0) is 38.1 Å². The summed E-state index contributed by atoms with van der Waals surface area (Å²) in [4.78, 5) is 45.2. The van der Waals surface area contributed by atoms with E-state index in [0.29, 0.717) is 0 Å². The van der Waals surface area contributed by atoms with Gasteiger partial charge in [0.05, 0.1) is 0 Å². The van der Waals surface area contributed by atoms with Crippen LogP contribution < -0.4 is 5.32 Å². The molecule has 136 valence electrons. The van der Waals surface area contributed by atoms with Crippen LogP contribution >= 0.6 is 11.6 Å². The van der Waals surface area contributed by atoms with Crippen molar-refractivity contribution in [3.63, 3.8) is 0 Å². The van der Waals surface area contributed by atoms with Crippen molar-refractivity contribution < 1.29 is 38.1 Å². The smallest absolute Gasteiger partial charge is 0.303 e. The van der Waals surface area contributed by atoms with Gasteiger partial charge in [0.2, 0.25) is 5.91 Å². The molecular weight excluding hydrogens is 346 g/mol. The van der Waals surface area contributed by atoms with Crippen LogP contribution in [0.5, 0.6) is 0 Å². The number of nitrogens with one attached hydrogen (secondary N) is 1. The minimum absolute atomic E-state index is 0.263. The molecule has 9 nitrogen and oxygen atoms in total. The van der Waals surface area contributed by atoms with Gasteiger partial charge in [-0.2, -0.15) is 0 Å². The van der Waals surface area contributed by atoms with Gasteiger partial charge in [-0.15, -0.1) is 0 Å². The Balaban J connectivity index is 3.11. The van der Waals surface area contributed by atoms with Gasteiger partial charge in [-0.3, -0.25) is 19.2 Å². The van der Waals surface area contributed by atoms with Crippen molar-refractivity contribution in [2.24, 2.45) is 0 Å². The predicted molar refractivity (Wildman–Crippen MR) is 79.9 cm³/mol. The molecule has 5 atom stereocenters. The van der Waals surface area contributed by atoms with Crippen LogP contribution in [0, 0.1) is 0 Å². The van der Waals surface area contributed by atoms with E-state index in [-0.39, 0.29) is 6.61 Å². The van der Waals surface area contributed by atoms with Gasteiger partial charge < -0.3 is 24.3 Å². The first-order valence-corrected chi connectivity index (χ1v) is 7.60. The second kappa shape index (κ2) is 8.84. The summed E-state index contributed by atoms with van der Waals surface area (Å²) in [6.07, 6.45) is -3.18. The van der Waals surface area contributed by atoms with Crippen molar-refractivity contribution in [1.82, 2.24) is 5.32 Å². The minimum Gasteiger partial charge on any atom is -0.463 e. The Morgan fingerprint density at radius 1 is 0.958 bits per heavy atom. The highest BCUT2D eigenvalue weighted by molar-refractivity contribution is 6.20. The van der Waals surface area contributed by atoms with Gasteiger partial charge in [0.1, 0.15) is 18.8 Å².